The van der Waals surface area contributed by atoms with Gasteiger partial charge in [-0.1, -0.05) is 0 Å². The fourth-order valence-electron chi connectivity index (χ4n) is 0. The summed E-state index contributed by atoms with van der Waals surface area (Å²) in [6, 6.07) is 0. The molecule has 0 saturated heterocycles. The van der Waals surface area contributed by atoms with Crippen LogP contribution < -0.4 is 0 Å². The zero-order valence-corrected chi connectivity index (χ0v) is 10.1. The van der Waals surface area contributed by atoms with Crippen LogP contribution in [0.2, 0.25) is 0 Å². The minimum atomic E-state index is -4.67. The second kappa shape index (κ2) is 9.19. The van der Waals surface area contributed by atoms with Gasteiger partial charge in [-0.3, -0.25) is 27.3 Å². The summed E-state index contributed by atoms with van der Waals surface area (Å²) >= 11 is 0. The third-order valence-electron chi connectivity index (χ3n) is 0. The quantitative estimate of drug-likeness (QED) is 0.205. The predicted octanol–water partition coefficient (Wildman–Crippen LogP) is -1.96. The first kappa shape index (κ1) is 25.1. The molecule has 0 aliphatic rings. The summed E-state index contributed by atoms with van der Waals surface area (Å²) in [6.07, 6.45) is 0. The Hall–Kier alpha value is 0.129. The molecular formula is H6CuO12S3. The van der Waals surface area contributed by atoms with Crippen LogP contribution in [0.5, 0.6) is 0 Å². The first-order valence-corrected chi connectivity index (χ1v) is 6.29. The molecule has 16 heteroatoms. The molecule has 0 bridgehead atoms. The Balaban J connectivity index is -0.0000000655. The third kappa shape index (κ3) is 145000. The average Bonchev–Trinajstić information content (AvgIpc) is 1.41. The topological polar surface area (TPSA) is 224 Å². The van der Waals surface area contributed by atoms with E-state index < -0.39 is 31.2 Å². The van der Waals surface area contributed by atoms with Crippen molar-refractivity contribution in [3.63, 3.8) is 0 Å². The molecule has 16 heavy (non-hydrogen) atoms. The standard InChI is InChI=1S/Cu.3H2O4S/c;3*1-5(2,3)4/h;3*(H2,1,2,3,4). The van der Waals surface area contributed by atoms with Crippen LogP contribution in [-0.2, 0) is 48.3 Å². The van der Waals surface area contributed by atoms with Crippen molar-refractivity contribution in [2.24, 2.45) is 0 Å². The van der Waals surface area contributed by atoms with Gasteiger partial charge in [0.05, 0.1) is 0 Å². The molecular weight excluding hydrogens is 352 g/mol. The first-order valence-electron chi connectivity index (χ1n) is 2.10. The summed E-state index contributed by atoms with van der Waals surface area (Å²) in [5, 5.41) is 0. The van der Waals surface area contributed by atoms with Gasteiger partial charge < -0.3 is 0 Å². The second-order valence-electron chi connectivity index (χ2n) is 1.34. The molecule has 107 valence electrons. The van der Waals surface area contributed by atoms with Crippen molar-refractivity contribution < 1.29 is 69.6 Å². The summed E-state index contributed by atoms with van der Waals surface area (Å²) in [5.74, 6) is 0. The summed E-state index contributed by atoms with van der Waals surface area (Å²) in [5.41, 5.74) is 0. The van der Waals surface area contributed by atoms with Crippen molar-refractivity contribution in [3.05, 3.63) is 0 Å². The third-order valence-corrected chi connectivity index (χ3v) is 0. The van der Waals surface area contributed by atoms with Crippen molar-refractivity contribution in [2.75, 3.05) is 0 Å². The van der Waals surface area contributed by atoms with E-state index in [2.05, 4.69) is 0 Å². The molecule has 0 aliphatic carbocycles. The summed E-state index contributed by atoms with van der Waals surface area (Å²) in [6.45, 7) is 0. The maximum absolute atomic E-state index is 8.74. The van der Waals surface area contributed by atoms with Crippen molar-refractivity contribution in [2.45, 2.75) is 0 Å². The van der Waals surface area contributed by atoms with Gasteiger partial charge in [0.25, 0.3) is 0 Å². The fraction of sp³-hybridized carbons (Fsp3) is 0. The van der Waals surface area contributed by atoms with E-state index in [4.69, 9.17) is 52.6 Å². The molecule has 0 atom stereocenters. The molecule has 0 fully saturated rings. The van der Waals surface area contributed by atoms with Crippen LogP contribution in [0, 0.1) is 0 Å². The molecule has 0 aromatic rings. The van der Waals surface area contributed by atoms with Gasteiger partial charge in [-0.15, -0.1) is 0 Å². The van der Waals surface area contributed by atoms with Gasteiger partial charge in [-0.2, -0.15) is 25.3 Å². The smallest absolute Gasteiger partial charge is 0.264 e. The van der Waals surface area contributed by atoms with Crippen molar-refractivity contribution in [1.29, 1.82) is 0 Å². The Morgan fingerprint density at radius 1 is 0.438 bits per heavy atom. The van der Waals surface area contributed by atoms with Crippen LogP contribution in [-0.4, -0.2) is 52.6 Å². The minimum Gasteiger partial charge on any atom is -0.264 e. The molecule has 0 unspecified atom stereocenters. The van der Waals surface area contributed by atoms with Crippen molar-refractivity contribution >= 4 is 31.2 Å². The van der Waals surface area contributed by atoms with Gasteiger partial charge in [0.15, 0.2) is 0 Å². The normalized spacial score (nSPS) is 10.9. The van der Waals surface area contributed by atoms with Crippen LogP contribution in [0.4, 0.5) is 0 Å². The molecule has 0 amide bonds. The molecule has 0 heterocycles. The Morgan fingerprint density at radius 2 is 0.438 bits per heavy atom. The molecule has 1 radical (unpaired) electrons. The number of hydrogen-bond donors (Lipinski definition) is 6. The van der Waals surface area contributed by atoms with Crippen LogP contribution >= 0.6 is 0 Å². The molecule has 0 saturated carbocycles. The Kier molecular flexibility index (Phi) is 14.4. The molecule has 0 aromatic carbocycles. The molecule has 12 nitrogen and oxygen atoms in total. The van der Waals surface area contributed by atoms with Crippen LogP contribution in [0.1, 0.15) is 0 Å². The minimum absolute atomic E-state index is 0. The van der Waals surface area contributed by atoms with Crippen molar-refractivity contribution in [1.82, 2.24) is 0 Å². The van der Waals surface area contributed by atoms with E-state index in [1.54, 1.807) is 0 Å². The number of hydrogen-bond acceptors (Lipinski definition) is 6. The monoisotopic (exact) mass is 357 g/mol. The van der Waals surface area contributed by atoms with Gasteiger partial charge in [-0.25, -0.2) is 0 Å². The number of rotatable bonds is 0. The van der Waals surface area contributed by atoms with Crippen LogP contribution in [0.15, 0.2) is 0 Å². The molecule has 0 aliphatic heterocycles. The van der Waals surface area contributed by atoms with Crippen LogP contribution in [0.25, 0.3) is 0 Å². The van der Waals surface area contributed by atoms with E-state index in [0.717, 1.165) is 0 Å². The second-order valence-corrected chi connectivity index (χ2v) is 4.03. The maximum Gasteiger partial charge on any atom is 0.394 e. The van der Waals surface area contributed by atoms with Gasteiger partial charge in [0.2, 0.25) is 0 Å². The van der Waals surface area contributed by atoms with Crippen LogP contribution in [0.3, 0.4) is 0 Å². The van der Waals surface area contributed by atoms with Crippen molar-refractivity contribution in [3.8, 4) is 0 Å². The van der Waals surface area contributed by atoms with Gasteiger partial charge in [0.1, 0.15) is 0 Å². The van der Waals surface area contributed by atoms with E-state index in [-0.39, 0.29) is 17.1 Å². The summed E-state index contributed by atoms with van der Waals surface area (Å²) in [7, 11) is -14.0. The molecule has 0 spiro atoms. The largest absolute Gasteiger partial charge is 0.394 e. The fourth-order valence-corrected chi connectivity index (χ4v) is 0. The first-order chi connectivity index (χ1) is 6.00. The predicted molar refractivity (Wildman–Crippen MR) is 42.5 cm³/mol. The van der Waals surface area contributed by atoms with E-state index in [1.807, 2.05) is 0 Å². The van der Waals surface area contributed by atoms with E-state index in [1.165, 1.54) is 0 Å². The maximum atomic E-state index is 8.74. The van der Waals surface area contributed by atoms with Gasteiger partial charge in [-0.05, 0) is 0 Å². The molecule has 6 N–H and O–H groups in total. The molecule has 0 rings (SSSR count). The van der Waals surface area contributed by atoms with Gasteiger partial charge in [0, 0.05) is 17.1 Å². The zero-order chi connectivity index (χ0) is 13.5. The summed E-state index contributed by atoms with van der Waals surface area (Å²) < 4.78 is 94.8. The van der Waals surface area contributed by atoms with E-state index >= 15 is 0 Å². The Morgan fingerprint density at radius 3 is 0.438 bits per heavy atom. The Labute approximate surface area is 101 Å². The SMILES string of the molecule is O=S(=O)(O)O.O=S(=O)(O)O.O=S(=O)(O)O.[Cu]. The van der Waals surface area contributed by atoms with E-state index in [9.17, 15) is 0 Å². The Bertz CT molecular complexity index is 337. The average molecular weight is 358 g/mol. The molecule has 0 aromatic heterocycles. The zero-order valence-electron chi connectivity index (χ0n) is 6.66. The summed E-state index contributed by atoms with van der Waals surface area (Å²) in [4.78, 5) is 0. The van der Waals surface area contributed by atoms with Gasteiger partial charge >= 0.3 is 31.2 Å². The van der Waals surface area contributed by atoms with E-state index in [0.29, 0.717) is 0 Å².